The average Bonchev–Trinajstić information content (AvgIpc) is 3.39. The number of nitrogens with one attached hydrogen (secondary N) is 1. The van der Waals surface area contributed by atoms with Crippen molar-refractivity contribution in [1.29, 1.82) is 0 Å². The summed E-state index contributed by atoms with van der Waals surface area (Å²) in [4.78, 5) is 13.2. The summed E-state index contributed by atoms with van der Waals surface area (Å²) in [7, 11) is 0. The normalized spacial score (nSPS) is 32.0. The summed E-state index contributed by atoms with van der Waals surface area (Å²) >= 11 is 0. The minimum atomic E-state index is -1.98. The van der Waals surface area contributed by atoms with E-state index in [1.807, 2.05) is 6.08 Å². The van der Waals surface area contributed by atoms with Gasteiger partial charge in [0.05, 0.1) is 38.6 Å². The number of carbonyl (C=O) groups excluding carboxylic acids is 1. The Morgan fingerprint density at radius 3 is 1.38 bits per heavy atom. The van der Waals surface area contributed by atoms with E-state index >= 15 is 0 Å². The van der Waals surface area contributed by atoms with Crippen LogP contribution in [0.1, 0.15) is 168 Å². The van der Waals surface area contributed by atoms with Crippen molar-refractivity contribution in [2.45, 2.75) is 272 Å². The molecule has 0 aromatic carbocycles. The van der Waals surface area contributed by atoms with Gasteiger partial charge in [-0.15, -0.1) is 0 Å². The third-order valence-electron chi connectivity index (χ3n) is 13.9. The first kappa shape index (κ1) is 65.3. The van der Waals surface area contributed by atoms with Crippen molar-refractivity contribution in [1.82, 2.24) is 5.32 Å². The number of hydrogen-bond donors (Lipinski definition) is 12. The molecule has 73 heavy (non-hydrogen) atoms. The highest BCUT2D eigenvalue weighted by atomic mass is 16.8. The van der Waals surface area contributed by atoms with Crippen LogP contribution in [0.15, 0.2) is 36.5 Å². The van der Waals surface area contributed by atoms with Crippen LogP contribution in [0, 0.1) is 0 Å². The molecule has 426 valence electrons. The summed E-state index contributed by atoms with van der Waals surface area (Å²) in [6, 6.07) is -0.988. The second-order valence-electron chi connectivity index (χ2n) is 20.0. The molecule has 3 rings (SSSR count). The van der Waals surface area contributed by atoms with Gasteiger partial charge in [-0.25, -0.2) is 0 Å². The molecule has 0 radical (unpaired) electrons. The van der Waals surface area contributed by atoms with E-state index in [0.717, 1.165) is 51.4 Å². The zero-order chi connectivity index (χ0) is 53.4. The van der Waals surface area contributed by atoms with Crippen LogP contribution >= 0.6 is 0 Å². The number of aliphatic hydroxyl groups is 11. The molecule has 0 aromatic rings. The topological polar surface area (TPSA) is 307 Å². The number of ether oxygens (including phenoxy) is 6. The highest BCUT2D eigenvalue weighted by Crippen LogP contribution is 2.33. The van der Waals surface area contributed by atoms with Gasteiger partial charge in [-0.2, -0.15) is 0 Å². The van der Waals surface area contributed by atoms with Gasteiger partial charge in [0.15, 0.2) is 18.9 Å². The van der Waals surface area contributed by atoms with Gasteiger partial charge in [0.2, 0.25) is 5.91 Å². The van der Waals surface area contributed by atoms with E-state index in [9.17, 15) is 61.0 Å². The number of amides is 1. The Balaban J connectivity index is 1.52. The quantitative estimate of drug-likeness (QED) is 0.0310. The Hall–Kier alpha value is -1.99. The first-order chi connectivity index (χ1) is 35.3. The summed E-state index contributed by atoms with van der Waals surface area (Å²) in [5.74, 6) is -0.294. The van der Waals surface area contributed by atoms with Crippen LogP contribution in [-0.2, 0) is 33.2 Å². The lowest BCUT2D eigenvalue weighted by atomic mass is 9.96. The number of hydrogen-bond acceptors (Lipinski definition) is 18. The summed E-state index contributed by atoms with van der Waals surface area (Å²) in [5, 5.41) is 120. The van der Waals surface area contributed by atoms with Crippen LogP contribution in [-0.4, -0.2) is 193 Å². The predicted molar refractivity (Wildman–Crippen MR) is 272 cm³/mol. The van der Waals surface area contributed by atoms with Crippen molar-refractivity contribution < 1.29 is 89.4 Å². The molecular formula is C54H97NO18. The number of carbonyl (C=O) groups is 1. The molecule has 0 bridgehead atoms. The van der Waals surface area contributed by atoms with Gasteiger partial charge in [0, 0.05) is 6.42 Å². The minimum absolute atomic E-state index is 0.230. The minimum Gasteiger partial charge on any atom is -0.394 e. The van der Waals surface area contributed by atoms with Crippen molar-refractivity contribution in [3.63, 3.8) is 0 Å². The molecule has 3 aliphatic rings. The average molecular weight is 1050 g/mol. The van der Waals surface area contributed by atoms with E-state index in [2.05, 4.69) is 43.5 Å². The Bertz CT molecular complexity index is 1490. The van der Waals surface area contributed by atoms with Gasteiger partial charge in [0.25, 0.3) is 0 Å². The molecular weight excluding hydrogens is 951 g/mol. The summed E-state index contributed by atoms with van der Waals surface area (Å²) < 4.78 is 34.1. The summed E-state index contributed by atoms with van der Waals surface area (Å²) in [5.41, 5.74) is 0. The molecule has 17 atom stereocenters. The van der Waals surface area contributed by atoms with E-state index in [-0.39, 0.29) is 18.9 Å². The monoisotopic (exact) mass is 1050 g/mol. The van der Waals surface area contributed by atoms with Crippen LogP contribution in [0.4, 0.5) is 0 Å². The maximum absolute atomic E-state index is 13.2. The second kappa shape index (κ2) is 38.5. The summed E-state index contributed by atoms with van der Waals surface area (Å²) in [6.45, 7) is 1.63. The Labute approximate surface area is 434 Å². The SMILES string of the molecule is CCCCCC/C=C/CC/C=C/C(O)C(COC1OC(CO)C(OC2OC(CO)C(OC3OC(CO)C(O)C(O)C3O)C(O)C2O)C(O)C1O)NC(=O)CCCCCCCCC/C=C\CCCCCCCCC. The third kappa shape index (κ3) is 23.7. The Morgan fingerprint density at radius 1 is 0.479 bits per heavy atom. The summed E-state index contributed by atoms with van der Waals surface area (Å²) in [6.07, 6.45) is 11.5. The lowest BCUT2D eigenvalue weighted by Crippen LogP contribution is -2.66. The number of unbranched alkanes of at least 4 members (excludes halogenated alkanes) is 19. The lowest BCUT2D eigenvalue weighted by Gasteiger charge is -2.48. The molecule has 0 aliphatic carbocycles. The van der Waals surface area contributed by atoms with Crippen molar-refractivity contribution >= 4 is 5.91 Å². The molecule has 3 heterocycles. The Morgan fingerprint density at radius 2 is 0.877 bits per heavy atom. The van der Waals surface area contributed by atoms with Crippen molar-refractivity contribution in [2.75, 3.05) is 26.4 Å². The fourth-order valence-corrected chi connectivity index (χ4v) is 9.26. The molecule has 0 saturated carbocycles. The van der Waals surface area contributed by atoms with E-state index in [1.54, 1.807) is 6.08 Å². The fraction of sp³-hybridized carbons (Fsp3) is 0.870. The maximum atomic E-state index is 13.2. The van der Waals surface area contributed by atoms with Crippen molar-refractivity contribution in [3.8, 4) is 0 Å². The largest absolute Gasteiger partial charge is 0.394 e. The van der Waals surface area contributed by atoms with Gasteiger partial charge in [0.1, 0.15) is 73.2 Å². The first-order valence-corrected chi connectivity index (χ1v) is 27.7. The molecule has 0 spiro atoms. The molecule has 3 aliphatic heterocycles. The van der Waals surface area contributed by atoms with Gasteiger partial charge < -0.3 is 89.9 Å². The van der Waals surface area contributed by atoms with E-state index in [4.69, 9.17) is 28.4 Å². The lowest BCUT2D eigenvalue weighted by molar-refractivity contribution is -0.379. The van der Waals surface area contributed by atoms with Crippen molar-refractivity contribution in [3.05, 3.63) is 36.5 Å². The maximum Gasteiger partial charge on any atom is 0.220 e. The fourth-order valence-electron chi connectivity index (χ4n) is 9.26. The smallest absolute Gasteiger partial charge is 0.220 e. The zero-order valence-corrected chi connectivity index (χ0v) is 43.9. The Kier molecular flexibility index (Phi) is 34.5. The van der Waals surface area contributed by atoms with Crippen LogP contribution in [0.25, 0.3) is 0 Å². The number of rotatable bonds is 39. The number of aliphatic hydroxyl groups excluding tert-OH is 11. The van der Waals surface area contributed by atoms with Gasteiger partial charge in [-0.05, 0) is 57.8 Å². The van der Waals surface area contributed by atoms with Gasteiger partial charge in [-0.3, -0.25) is 4.79 Å². The van der Waals surface area contributed by atoms with E-state index < -0.39 is 124 Å². The van der Waals surface area contributed by atoms with Crippen LogP contribution < -0.4 is 5.32 Å². The van der Waals surface area contributed by atoms with E-state index in [0.29, 0.717) is 12.8 Å². The van der Waals surface area contributed by atoms with Crippen molar-refractivity contribution in [2.24, 2.45) is 0 Å². The first-order valence-electron chi connectivity index (χ1n) is 27.7. The third-order valence-corrected chi connectivity index (χ3v) is 13.9. The second-order valence-corrected chi connectivity index (χ2v) is 20.0. The van der Waals surface area contributed by atoms with Crippen LogP contribution in [0.5, 0.6) is 0 Å². The standard InChI is InChI=1S/C54H97NO18/c1-3-5-7-9-11-13-15-16-17-18-19-20-21-22-24-26-28-30-32-42(60)55-37(38(59)31-29-27-25-23-14-12-10-8-6-4-2)36-68-52-48(66)45(63)50(40(34-57)70-52)73-54-49(67)46(64)51(41(35-58)71-54)72-53-47(65)44(62)43(61)39(33-56)69-53/h14,17-18,23,29,31,37-41,43-54,56-59,61-67H,3-13,15-16,19-22,24-28,30,32-36H2,1-2H3,(H,55,60)/b18-17-,23-14+,31-29+. The number of allylic oxidation sites excluding steroid dienone is 5. The van der Waals surface area contributed by atoms with E-state index in [1.165, 1.54) is 83.5 Å². The molecule has 12 N–H and O–H groups in total. The highest BCUT2D eigenvalue weighted by molar-refractivity contribution is 5.76. The van der Waals surface area contributed by atoms with Gasteiger partial charge in [-0.1, -0.05) is 140 Å². The molecule has 19 nitrogen and oxygen atoms in total. The van der Waals surface area contributed by atoms with Crippen LogP contribution in [0.2, 0.25) is 0 Å². The molecule has 0 aromatic heterocycles. The molecule has 17 unspecified atom stereocenters. The molecule has 3 saturated heterocycles. The molecule has 1 amide bonds. The van der Waals surface area contributed by atoms with Crippen LogP contribution in [0.3, 0.4) is 0 Å². The molecule has 19 heteroatoms. The predicted octanol–water partition coefficient (Wildman–Crippen LogP) is 3.37. The molecule has 3 fully saturated rings. The zero-order valence-electron chi connectivity index (χ0n) is 43.9. The van der Waals surface area contributed by atoms with Gasteiger partial charge >= 0.3 is 0 Å². The highest BCUT2D eigenvalue weighted by Gasteiger charge is 2.53.